The van der Waals surface area contributed by atoms with E-state index in [1.54, 1.807) is 6.07 Å². The van der Waals surface area contributed by atoms with Crippen LogP contribution in [0.5, 0.6) is 17.5 Å². The molecule has 7 nitrogen and oxygen atoms in total. The summed E-state index contributed by atoms with van der Waals surface area (Å²) in [5, 5.41) is 3.68. The lowest BCUT2D eigenvalue weighted by Crippen LogP contribution is -2.32. The van der Waals surface area contributed by atoms with Gasteiger partial charge in [0, 0.05) is 6.07 Å². The fourth-order valence-electron chi connectivity index (χ4n) is 3.10. The molecule has 0 radical (unpaired) electrons. The largest absolute Gasteiger partial charge is 0.573 e. The third-order valence-electron chi connectivity index (χ3n) is 4.56. The fraction of sp³-hybridized carbons (Fsp3) is 0.381. The van der Waals surface area contributed by atoms with Crippen molar-refractivity contribution in [3.63, 3.8) is 0 Å². The van der Waals surface area contributed by atoms with Gasteiger partial charge in [-0.3, -0.25) is 0 Å². The van der Waals surface area contributed by atoms with Gasteiger partial charge in [0.1, 0.15) is 23.4 Å². The van der Waals surface area contributed by atoms with Crippen molar-refractivity contribution in [3.05, 3.63) is 48.0 Å². The highest BCUT2D eigenvalue weighted by Gasteiger charge is 2.35. The number of rotatable bonds is 6. The molecule has 0 atom stereocenters. The van der Waals surface area contributed by atoms with Crippen molar-refractivity contribution in [1.82, 2.24) is 15.1 Å². The predicted molar refractivity (Wildman–Crippen MR) is 105 cm³/mol. The van der Waals surface area contributed by atoms with E-state index in [1.165, 1.54) is 31.6 Å². The lowest BCUT2D eigenvalue weighted by atomic mass is 9.77. The van der Waals surface area contributed by atoms with Crippen LogP contribution in [0.2, 0.25) is 0 Å². The molecule has 0 N–H and O–H groups in total. The molecule has 2 heterocycles. The van der Waals surface area contributed by atoms with Crippen LogP contribution in [-0.4, -0.2) is 34.7 Å². The smallest absolute Gasteiger partial charge is 0.479 e. The predicted octanol–water partition coefficient (Wildman–Crippen LogP) is 5.53. The van der Waals surface area contributed by atoms with E-state index in [0.717, 1.165) is 0 Å². The van der Waals surface area contributed by atoms with Crippen LogP contribution in [0.4, 0.5) is 17.6 Å². The first-order valence-electron chi connectivity index (χ1n) is 9.85. The zero-order chi connectivity index (χ0) is 23.3. The number of hydrogen-bond acceptors (Lipinski definition) is 7. The Morgan fingerprint density at radius 3 is 2.34 bits per heavy atom. The van der Waals surface area contributed by atoms with E-state index in [0.29, 0.717) is 41.8 Å². The van der Waals surface area contributed by atoms with Gasteiger partial charge in [-0.2, -0.15) is 0 Å². The first-order chi connectivity index (χ1) is 15.3. The monoisotopic (exact) mass is 455 g/mol. The summed E-state index contributed by atoms with van der Waals surface area (Å²) in [5.41, 5.74) is 0.872. The summed E-state index contributed by atoms with van der Waals surface area (Å²) in [6, 6.07) is 4.66. The summed E-state index contributed by atoms with van der Waals surface area (Å²) < 4.78 is 70.3. The number of halogens is 4. The molecule has 2 aromatic heterocycles. The lowest BCUT2D eigenvalue weighted by molar-refractivity contribution is -0.274. The van der Waals surface area contributed by atoms with Gasteiger partial charge >= 0.3 is 6.36 Å². The fourth-order valence-corrected chi connectivity index (χ4v) is 3.10. The molecule has 1 saturated carbocycles. The Morgan fingerprint density at radius 2 is 1.75 bits per heavy atom. The summed E-state index contributed by atoms with van der Waals surface area (Å²) >= 11 is 0. The molecule has 4 rings (SSSR count). The molecule has 1 aliphatic carbocycles. The molecule has 172 valence electrons. The van der Waals surface area contributed by atoms with Crippen LogP contribution in [0.25, 0.3) is 11.5 Å². The SMILES string of the molecule is CC.COc1cc(-c2cnc(OC3CC(c4cc(F)cc(OC(F)(F)F)c4)C3)cn2)on1. The molecular weight excluding hydrogens is 434 g/mol. The van der Waals surface area contributed by atoms with Gasteiger partial charge in [0.05, 0.1) is 25.6 Å². The number of nitrogens with zero attached hydrogens (tertiary/aromatic N) is 3. The molecule has 3 aromatic rings. The number of ether oxygens (including phenoxy) is 3. The van der Waals surface area contributed by atoms with E-state index in [1.807, 2.05) is 13.8 Å². The minimum Gasteiger partial charge on any atom is -0.479 e. The normalized spacial score (nSPS) is 17.6. The average Bonchev–Trinajstić information content (AvgIpc) is 3.20. The second-order valence-electron chi connectivity index (χ2n) is 6.65. The standard InChI is InChI=1S/C19H15F4N3O4.C2H6/c1-27-17-7-16(30-26-17)15-8-25-18(9-24-15)28-13-3-11(4-13)10-2-12(20)6-14(5-10)29-19(21,22)23;1-2/h2,5-9,11,13H,3-4H2,1H3;1-2H3. The summed E-state index contributed by atoms with van der Waals surface area (Å²) in [4.78, 5) is 8.35. The lowest BCUT2D eigenvalue weighted by Gasteiger charge is -2.35. The number of alkyl halides is 3. The third-order valence-corrected chi connectivity index (χ3v) is 4.56. The molecule has 32 heavy (non-hydrogen) atoms. The van der Waals surface area contributed by atoms with Crippen LogP contribution in [0, 0.1) is 5.82 Å². The average molecular weight is 455 g/mol. The molecule has 0 bridgehead atoms. The number of aromatic nitrogens is 3. The van der Waals surface area contributed by atoms with E-state index in [-0.39, 0.29) is 17.9 Å². The van der Waals surface area contributed by atoms with Crippen molar-refractivity contribution >= 4 is 0 Å². The van der Waals surface area contributed by atoms with E-state index in [2.05, 4.69) is 19.9 Å². The molecule has 0 spiro atoms. The summed E-state index contributed by atoms with van der Waals surface area (Å²) in [6.45, 7) is 4.00. The van der Waals surface area contributed by atoms with E-state index >= 15 is 0 Å². The molecule has 1 aliphatic rings. The second-order valence-corrected chi connectivity index (χ2v) is 6.65. The van der Waals surface area contributed by atoms with E-state index in [4.69, 9.17) is 14.0 Å². The van der Waals surface area contributed by atoms with Gasteiger partial charge < -0.3 is 18.7 Å². The van der Waals surface area contributed by atoms with Crippen molar-refractivity contribution in [2.24, 2.45) is 0 Å². The zero-order valence-electron chi connectivity index (χ0n) is 17.5. The van der Waals surface area contributed by atoms with Crippen molar-refractivity contribution in [2.75, 3.05) is 7.11 Å². The van der Waals surface area contributed by atoms with Crippen molar-refractivity contribution in [3.8, 4) is 29.0 Å². The highest BCUT2D eigenvalue weighted by molar-refractivity contribution is 5.51. The first kappa shape index (κ1) is 23.3. The van der Waals surface area contributed by atoms with Crippen LogP contribution in [0.3, 0.4) is 0 Å². The molecule has 1 fully saturated rings. The maximum Gasteiger partial charge on any atom is 0.573 e. The maximum absolute atomic E-state index is 13.7. The van der Waals surface area contributed by atoms with Gasteiger partial charge in [0.2, 0.25) is 5.88 Å². The Morgan fingerprint density at radius 1 is 1.00 bits per heavy atom. The van der Waals surface area contributed by atoms with Gasteiger partial charge in [-0.05, 0) is 41.6 Å². The van der Waals surface area contributed by atoms with Crippen LogP contribution in [0.1, 0.15) is 38.2 Å². The van der Waals surface area contributed by atoms with Crippen molar-refractivity contribution in [1.29, 1.82) is 0 Å². The molecule has 0 amide bonds. The van der Waals surface area contributed by atoms with E-state index in [9.17, 15) is 17.6 Å². The quantitative estimate of drug-likeness (QED) is 0.452. The molecule has 0 saturated heterocycles. The Kier molecular flexibility index (Phi) is 7.16. The number of methoxy groups -OCH3 is 1. The topological polar surface area (TPSA) is 79.5 Å². The molecule has 0 aliphatic heterocycles. The Hall–Kier alpha value is -3.37. The first-order valence-corrected chi connectivity index (χ1v) is 9.85. The molecular formula is C21H21F4N3O4. The minimum absolute atomic E-state index is 0.143. The van der Waals surface area contributed by atoms with Crippen molar-refractivity contribution < 1.29 is 36.3 Å². The highest BCUT2D eigenvalue weighted by atomic mass is 19.4. The Balaban J connectivity index is 0.00000141. The van der Waals surface area contributed by atoms with Gasteiger partial charge in [-0.1, -0.05) is 13.8 Å². The molecule has 1 aromatic carbocycles. The molecule has 0 unspecified atom stereocenters. The van der Waals surface area contributed by atoms with Gasteiger partial charge in [-0.15, -0.1) is 13.2 Å². The maximum atomic E-state index is 13.7. The van der Waals surface area contributed by atoms with Crippen LogP contribution >= 0.6 is 0 Å². The van der Waals surface area contributed by atoms with Crippen molar-refractivity contribution in [2.45, 2.75) is 45.1 Å². The minimum atomic E-state index is -4.88. The van der Waals surface area contributed by atoms with Crippen LogP contribution < -0.4 is 14.2 Å². The van der Waals surface area contributed by atoms with Gasteiger partial charge in [-0.25, -0.2) is 14.4 Å². The van der Waals surface area contributed by atoms with E-state index < -0.39 is 17.9 Å². The second kappa shape index (κ2) is 9.84. The number of benzene rings is 1. The zero-order valence-corrected chi connectivity index (χ0v) is 17.5. The summed E-state index contributed by atoms with van der Waals surface area (Å²) in [5.74, 6) is -0.524. The van der Waals surface area contributed by atoms with Crippen LogP contribution in [0.15, 0.2) is 41.2 Å². The van der Waals surface area contributed by atoms with Gasteiger partial charge in [0.15, 0.2) is 5.76 Å². The van der Waals surface area contributed by atoms with Crippen LogP contribution in [-0.2, 0) is 0 Å². The Labute approximate surface area is 181 Å². The number of hydrogen-bond donors (Lipinski definition) is 0. The summed E-state index contributed by atoms with van der Waals surface area (Å²) in [6.07, 6.45) is -1.21. The summed E-state index contributed by atoms with van der Waals surface area (Å²) in [7, 11) is 1.46. The van der Waals surface area contributed by atoms with Gasteiger partial charge in [0.25, 0.3) is 5.88 Å². The molecule has 11 heteroatoms. The third kappa shape index (κ3) is 5.86. The highest BCUT2D eigenvalue weighted by Crippen LogP contribution is 2.40. The Bertz CT molecular complexity index is 1020.